The maximum absolute atomic E-state index is 13.1. The molecule has 4 rings (SSSR count). The van der Waals surface area contributed by atoms with Crippen LogP contribution in [0, 0.1) is 0 Å². The Hall–Kier alpha value is -3.76. The van der Waals surface area contributed by atoms with Gasteiger partial charge in [0.05, 0.1) is 28.6 Å². The Morgan fingerprint density at radius 2 is 1.76 bits per heavy atom. The number of Topliss-reactive ketones (excluding diaryl/α,β-unsaturated/α-hetero) is 1. The fourth-order valence-electron chi connectivity index (χ4n) is 4.96. The molecular formula is C28H30NO8S+. The molecule has 0 unspecified atom stereocenters. The molecule has 0 radical (unpaired) electrons. The van der Waals surface area contributed by atoms with Crippen LogP contribution >= 0.6 is 0 Å². The second-order valence-corrected chi connectivity index (χ2v) is 11.3. The summed E-state index contributed by atoms with van der Waals surface area (Å²) in [5.74, 6) is -0.669. The third kappa shape index (κ3) is 5.01. The number of hydrogen-bond donors (Lipinski definition) is 3. The van der Waals surface area contributed by atoms with Crippen LogP contribution in [0.2, 0.25) is 0 Å². The minimum Gasteiger partial charge on any atom is -0.506 e. The molecule has 2 aromatic carbocycles. The highest BCUT2D eigenvalue weighted by atomic mass is 32.2. The van der Waals surface area contributed by atoms with Crippen molar-refractivity contribution in [2.75, 3.05) is 13.7 Å². The Morgan fingerprint density at radius 3 is 2.34 bits per heavy atom. The first-order valence-electron chi connectivity index (χ1n) is 12.2. The van der Waals surface area contributed by atoms with Crippen LogP contribution in [0.3, 0.4) is 0 Å². The second kappa shape index (κ2) is 10.2. The van der Waals surface area contributed by atoms with Crippen molar-refractivity contribution in [2.24, 2.45) is 0 Å². The number of aliphatic hydroxyl groups is 1. The van der Waals surface area contributed by atoms with Crippen LogP contribution in [0.4, 0.5) is 5.69 Å². The monoisotopic (exact) mass is 540 g/mol. The van der Waals surface area contributed by atoms with Crippen molar-refractivity contribution in [2.45, 2.75) is 49.8 Å². The number of benzene rings is 2. The molecule has 0 spiro atoms. The van der Waals surface area contributed by atoms with Gasteiger partial charge in [-0.1, -0.05) is 12.1 Å². The molecule has 2 aliphatic rings. The number of aliphatic hydroxyl groups excluding tert-OH is 1. The fraction of sp³-hybridized carbons (Fsp3) is 0.321. The third-order valence-corrected chi connectivity index (χ3v) is 7.91. The van der Waals surface area contributed by atoms with Gasteiger partial charge in [-0.3, -0.25) is 14.1 Å². The average molecular weight is 541 g/mol. The quantitative estimate of drug-likeness (QED) is 0.174. The van der Waals surface area contributed by atoms with Gasteiger partial charge in [0.25, 0.3) is 10.1 Å². The van der Waals surface area contributed by atoms with Gasteiger partial charge in [0.15, 0.2) is 5.71 Å². The lowest BCUT2D eigenvalue weighted by Crippen LogP contribution is -2.31. The number of aliphatic carboxylic acids is 1. The van der Waals surface area contributed by atoms with E-state index in [1.165, 1.54) is 19.2 Å². The smallest absolute Gasteiger partial charge is 0.303 e. The summed E-state index contributed by atoms with van der Waals surface area (Å²) in [7, 11) is -2.89. The van der Waals surface area contributed by atoms with Crippen LogP contribution in [0.25, 0.3) is 5.57 Å². The summed E-state index contributed by atoms with van der Waals surface area (Å²) in [6.07, 6.45) is 3.54. The number of fused-ring (bicyclic) bond motifs is 1. The van der Waals surface area contributed by atoms with Gasteiger partial charge in [-0.25, -0.2) is 0 Å². The topological polar surface area (TPSA) is 141 Å². The van der Waals surface area contributed by atoms with E-state index >= 15 is 0 Å². The molecule has 1 aliphatic carbocycles. The molecule has 0 aromatic heterocycles. The van der Waals surface area contributed by atoms with Gasteiger partial charge in [-0.05, 0) is 56.5 Å². The molecule has 0 bridgehead atoms. The second-order valence-electron chi connectivity index (χ2n) is 9.86. The maximum Gasteiger partial charge on any atom is 0.303 e. The standard InChI is InChI=1S/C28H29NO8S/c1-28(2)21-15-19(38(34,35)36)12-13-22(21)29(14-6-4-5-7-24(30)31)23(28)16-20-26(32)25(27(20)33)17-8-10-18(37-3)11-9-17/h8-13,15-16H,4-7,14H2,1-3H3,(H2-,30,31,32,33,34,35,36)/p+1. The van der Waals surface area contributed by atoms with E-state index in [0.29, 0.717) is 48.4 Å². The first kappa shape index (κ1) is 27.3. The molecule has 0 amide bonds. The number of methoxy groups -OCH3 is 1. The molecular weight excluding hydrogens is 510 g/mol. The summed E-state index contributed by atoms with van der Waals surface area (Å²) in [6, 6.07) is 11.2. The number of carbonyl (C=O) groups is 2. The van der Waals surface area contributed by atoms with Crippen molar-refractivity contribution in [1.29, 1.82) is 0 Å². The van der Waals surface area contributed by atoms with E-state index in [4.69, 9.17) is 9.84 Å². The summed E-state index contributed by atoms with van der Waals surface area (Å²) >= 11 is 0. The number of carboxylic acid groups (broad SMARTS) is 1. The lowest BCUT2D eigenvalue weighted by atomic mass is 9.77. The lowest BCUT2D eigenvalue weighted by molar-refractivity contribution is -0.438. The van der Waals surface area contributed by atoms with Crippen LogP contribution in [0.5, 0.6) is 5.75 Å². The first-order valence-corrected chi connectivity index (χ1v) is 13.6. The number of nitrogens with zero attached hydrogens (tertiary/aromatic N) is 1. The summed E-state index contributed by atoms with van der Waals surface area (Å²) in [5, 5.41) is 19.8. The summed E-state index contributed by atoms with van der Waals surface area (Å²) in [5.41, 5.74) is 2.22. The van der Waals surface area contributed by atoms with Crippen molar-refractivity contribution in [1.82, 2.24) is 0 Å². The minimum absolute atomic E-state index is 0.0712. The van der Waals surface area contributed by atoms with Gasteiger partial charge in [0.2, 0.25) is 11.5 Å². The number of ether oxygens (including phenoxy) is 1. The van der Waals surface area contributed by atoms with Crippen molar-refractivity contribution >= 4 is 38.8 Å². The molecule has 9 nitrogen and oxygen atoms in total. The predicted molar refractivity (Wildman–Crippen MR) is 141 cm³/mol. The number of carboxylic acids is 1. The maximum atomic E-state index is 13.1. The van der Waals surface area contributed by atoms with Crippen molar-refractivity contribution in [3.05, 3.63) is 71.0 Å². The Balaban J connectivity index is 1.74. The molecule has 38 heavy (non-hydrogen) atoms. The van der Waals surface area contributed by atoms with Gasteiger partial charge < -0.3 is 14.9 Å². The number of hydrogen-bond acceptors (Lipinski definition) is 6. The molecule has 200 valence electrons. The van der Waals surface area contributed by atoms with Gasteiger partial charge in [0, 0.05) is 30.5 Å². The van der Waals surface area contributed by atoms with Gasteiger partial charge in [-0.2, -0.15) is 13.0 Å². The molecule has 10 heteroatoms. The molecule has 1 heterocycles. The number of rotatable bonds is 10. The SMILES string of the molecule is COc1ccc(C2=C(O)/C(=C/C3=[N+](CCCCCC(=O)O)c4ccc(S(=O)(=O)O)cc4C3(C)C)C2=O)cc1. The van der Waals surface area contributed by atoms with Crippen molar-refractivity contribution in [3.63, 3.8) is 0 Å². The van der Waals surface area contributed by atoms with E-state index in [2.05, 4.69) is 0 Å². The zero-order valence-corrected chi connectivity index (χ0v) is 22.2. The Kier molecular flexibility index (Phi) is 7.31. The minimum atomic E-state index is -4.43. The first-order chi connectivity index (χ1) is 17.9. The molecule has 2 aromatic rings. The highest BCUT2D eigenvalue weighted by Crippen LogP contribution is 2.43. The Bertz CT molecular complexity index is 1510. The van der Waals surface area contributed by atoms with Gasteiger partial charge in [-0.15, -0.1) is 0 Å². The van der Waals surface area contributed by atoms with Gasteiger partial charge >= 0.3 is 5.97 Å². The summed E-state index contributed by atoms with van der Waals surface area (Å²) in [4.78, 5) is 23.8. The summed E-state index contributed by atoms with van der Waals surface area (Å²) in [6.45, 7) is 4.25. The average Bonchev–Trinajstić information content (AvgIpc) is 3.07. The van der Waals surface area contributed by atoms with E-state index in [9.17, 15) is 27.7 Å². The lowest BCUT2D eigenvalue weighted by Gasteiger charge is -2.23. The zero-order valence-electron chi connectivity index (χ0n) is 21.4. The summed E-state index contributed by atoms with van der Waals surface area (Å²) < 4.78 is 40.4. The molecule has 3 N–H and O–H groups in total. The van der Waals surface area contributed by atoms with E-state index in [1.807, 2.05) is 18.4 Å². The zero-order chi connectivity index (χ0) is 27.8. The number of allylic oxidation sites excluding steroid dienone is 3. The van der Waals surface area contributed by atoms with Crippen molar-refractivity contribution < 1.29 is 42.1 Å². The molecule has 0 atom stereocenters. The third-order valence-electron chi connectivity index (χ3n) is 7.06. The normalized spacial score (nSPS) is 17.6. The Morgan fingerprint density at radius 1 is 1.08 bits per heavy atom. The number of carbonyl (C=O) groups excluding carboxylic acids is 1. The molecule has 0 saturated heterocycles. The van der Waals surface area contributed by atoms with Crippen molar-refractivity contribution in [3.8, 4) is 5.75 Å². The fourth-order valence-corrected chi connectivity index (χ4v) is 5.46. The number of unbranched alkanes of at least 4 members (excludes halogenated alkanes) is 2. The number of ketones is 1. The highest BCUT2D eigenvalue weighted by Gasteiger charge is 2.47. The van der Waals surface area contributed by atoms with Crippen LogP contribution in [0.15, 0.2) is 64.8 Å². The van der Waals surface area contributed by atoms with E-state index in [-0.39, 0.29) is 34.0 Å². The van der Waals surface area contributed by atoms with Gasteiger partial charge in [0.1, 0.15) is 18.1 Å². The van der Waals surface area contributed by atoms with Crippen LogP contribution in [-0.2, 0) is 25.1 Å². The largest absolute Gasteiger partial charge is 0.506 e. The van der Waals surface area contributed by atoms with Crippen LogP contribution in [-0.4, -0.2) is 58.9 Å². The molecule has 1 aliphatic heterocycles. The van der Waals surface area contributed by atoms with E-state index in [1.54, 1.807) is 36.4 Å². The molecule has 0 saturated carbocycles. The predicted octanol–water partition coefficient (Wildman–Crippen LogP) is 4.44. The Labute approximate surface area is 221 Å². The van der Waals surface area contributed by atoms with Crippen LogP contribution in [0.1, 0.15) is 50.7 Å². The highest BCUT2D eigenvalue weighted by molar-refractivity contribution is 7.85. The molecule has 0 fully saturated rings. The van der Waals surface area contributed by atoms with E-state index in [0.717, 1.165) is 5.69 Å². The van der Waals surface area contributed by atoms with Crippen LogP contribution < -0.4 is 4.74 Å². The van der Waals surface area contributed by atoms with E-state index < -0.39 is 21.5 Å².